The van der Waals surface area contributed by atoms with Gasteiger partial charge in [-0.25, -0.2) is 0 Å². The first-order chi connectivity index (χ1) is 17.9. The van der Waals surface area contributed by atoms with Crippen molar-refractivity contribution in [3.8, 4) is 0 Å². The lowest BCUT2D eigenvalue weighted by atomic mass is 9.67. The zero-order valence-corrected chi connectivity index (χ0v) is 21.4. The predicted molar refractivity (Wildman–Crippen MR) is 153 cm³/mol. The maximum absolute atomic E-state index is 12.8. The molecule has 0 saturated heterocycles. The minimum atomic E-state index is -0.594. The SMILES string of the molecule is C=C1C(=N)C(CC2C=CC(CC(=O)c3ccccc3C)=CC2)C(=C)C1(c1ccccc1)c1ccccc1. The molecule has 2 aliphatic carbocycles. The fourth-order valence-corrected chi connectivity index (χ4v) is 6.05. The number of carbonyl (C=O) groups is 1. The van der Waals surface area contributed by atoms with Gasteiger partial charge in [0.05, 0.1) is 5.41 Å². The van der Waals surface area contributed by atoms with Crippen molar-refractivity contribution in [1.82, 2.24) is 0 Å². The van der Waals surface area contributed by atoms with E-state index in [4.69, 9.17) is 5.41 Å². The summed E-state index contributed by atoms with van der Waals surface area (Å²) in [5.41, 5.74) is 6.93. The summed E-state index contributed by atoms with van der Waals surface area (Å²) in [5.74, 6) is 0.367. The first-order valence-corrected chi connectivity index (χ1v) is 13.0. The van der Waals surface area contributed by atoms with Gasteiger partial charge in [-0.15, -0.1) is 0 Å². The van der Waals surface area contributed by atoms with Gasteiger partial charge in [0.25, 0.3) is 0 Å². The summed E-state index contributed by atoms with van der Waals surface area (Å²) in [6, 6.07) is 28.5. The Labute approximate surface area is 220 Å². The summed E-state index contributed by atoms with van der Waals surface area (Å²) in [5, 5.41) is 9.12. The van der Waals surface area contributed by atoms with Crippen LogP contribution in [0.4, 0.5) is 0 Å². The molecule has 5 rings (SSSR count). The Morgan fingerprint density at radius 1 is 0.919 bits per heavy atom. The number of hydrogen-bond donors (Lipinski definition) is 1. The van der Waals surface area contributed by atoms with Crippen molar-refractivity contribution in [2.75, 3.05) is 0 Å². The summed E-state index contributed by atoms with van der Waals surface area (Å²) in [6.45, 7) is 11.1. The number of rotatable bonds is 7. The number of benzene rings is 3. The molecule has 2 heteroatoms. The third-order valence-electron chi connectivity index (χ3n) is 8.06. The quantitative estimate of drug-likeness (QED) is 0.267. The molecule has 2 atom stereocenters. The topological polar surface area (TPSA) is 40.9 Å². The van der Waals surface area contributed by atoms with Crippen LogP contribution >= 0.6 is 0 Å². The Morgan fingerprint density at radius 3 is 2.08 bits per heavy atom. The average Bonchev–Trinajstić information content (AvgIpc) is 3.11. The molecule has 2 aliphatic rings. The minimum absolute atomic E-state index is 0.0777. The van der Waals surface area contributed by atoms with Crippen LogP contribution in [0, 0.1) is 24.2 Å². The van der Waals surface area contributed by atoms with Crippen molar-refractivity contribution < 1.29 is 4.79 Å². The lowest BCUT2D eigenvalue weighted by Gasteiger charge is -2.34. The van der Waals surface area contributed by atoms with Crippen molar-refractivity contribution >= 4 is 11.5 Å². The average molecular weight is 484 g/mol. The van der Waals surface area contributed by atoms with E-state index in [2.05, 4.69) is 55.7 Å². The summed E-state index contributed by atoms with van der Waals surface area (Å²) in [6.07, 6.45) is 8.60. The Bertz CT molecular complexity index is 1380. The number of aryl methyl sites for hydroxylation is 1. The first-order valence-electron chi connectivity index (χ1n) is 13.0. The molecule has 0 heterocycles. The van der Waals surface area contributed by atoms with E-state index in [1.54, 1.807) is 0 Å². The Morgan fingerprint density at radius 2 is 1.51 bits per heavy atom. The smallest absolute Gasteiger partial charge is 0.167 e. The minimum Gasteiger partial charge on any atom is -0.304 e. The van der Waals surface area contributed by atoms with Crippen LogP contribution in [-0.4, -0.2) is 11.5 Å². The molecule has 0 aromatic heterocycles. The third-order valence-corrected chi connectivity index (χ3v) is 8.06. The van der Waals surface area contributed by atoms with Gasteiger partial charge in [0.1, 0.15) is 0 Å². The number of carbonyl (C=O) groups excluding carboxylic acids is 1. The highest BCUT2D eigenvalue weighted by atomic mass is 16.1. The third kappa shape index (κ3) is 4.38. The van der Waals surface area contributed by atoms with Crippen LogP contribution in [0.5, 0.6) is 0 Å². The number of hydrogen-bond acceptors (Lipinski definition) is 2. The predicted octanol–water partition coefficient (Wildman–Crippen LogP) is 8.21. The van der Waals surface area contributed by atoms with Gasteiger partial charge >= 0.3 is 0 Å². The van der Waals surface area contributed by atoms with E-state index >= 15 is 0 Å². The number of nitrogens with one attached hydrogen (secondary N) is 1. The number of ketones is 1. The standard InChI is InChI=1S/C35H33NO/c1-24-12-10-11-17-31(24)33(37)23-28-20-18-27(19-21-28)22-32-25(2)35(26(3)34(32)36,29-13-6-4-7-14-29)30-15-8-5-9-16-30/h4-18,20-21,27,32,36H,2-3,19,22-23H2,1H3. The summed E-state index contributed by atoms with van der Waals surface area (Å²) >= 11 is 0. The van der Waals surface area contributed by atoms with Crippen molar-refractivity contribution in [2.45, 2.75) is 31.6 Å². The van der Waals surface area contributed by atoms with E-state index < -0.39 is 5.41 Å². The molecule has 0 amide bonds. The van der Waals surface area contributed by atoms with E-state index in [0.29, 0.717) is 12.1 Å². The highest BCUT2D eigenvalue weighted by molar-refractivity contribution is 6.09. The van der Waals surface area contributed by atoms with Gasteiger partial charge in [-0.2, -0.15) is 0 Å². The normalized spacial score (nSPS) is 20.7. The lowest BCUT2D eigenvalue weighted by Crippen LogP contribution is -2.28. The fourth-order valence-electron chi connectivity index (χ4n) is 6.05. The number of Topliss-reactive ketones (excluding diaryl/α,β-unsaturated/α-hetero) is 1. The molecule has 37 heavy (non-hydrogen) atoms. The van der Waals surface area contributed by atoms with Crippen LogP contribution < -0.4 is 0 Å². The summed E-state index contributed by atoms with van der Waals surface area (Å²) in [4.78, 5) is 12.8. The van der Waals surface area contributed by atoms with Gasteiger partial charge in [-0.05, 0) is 59.1 Å². The second-order valence-corrected chi connectivity index (χ2v) is 10.2. The van der Waals surface area contributed by atoms with Gasteiger partial charge in [-0.3, -0.25) is 4.79 Å². The van der Waals surface area contributed by atoms with Gasteiger partial charge in [-0.1, -0.05) is 116 Å². The van der Waals surface area contributed by atoms with E-state index in [9.17, 15) is 4.79 Å². The molecule has 3 aromatic carbocycles. The molecule has 1 fully saturated rings. The Balaban J connectivity index is 1.36. The van der Waals surface area contributed by atoms with Crippen LogP contribution in [-0.2, 0) is 5.41 Å². The van der Waals surface area contributed by atoms with Crippen molar-refractivity contribution in [1.29, 1.82) is 5.41 Å². The second-order valence-electron chi connectivity index (χ2n) is 10.2. The molecular weight excluding hydrogens is 450 g/mol. The molecule has 0 aliphatic heterocycles. The molecule has 0 radical (unpaired) electrons. The van der Waals surface area contributed by atoms with E-state index in [-0.39, 0.29) is 17.6 Å². The van der Waals surface area contributed by atoms with E-state index in [1.807, 2.05) is 67.6 Å². The monoisotopic (exact) mass is 483 g/mol. The molecule has 184 valence electrons. The first kappa shape index (κ1) is 24.6. The molecule has 2 nitrogen and oxygen atoms in total. The molecule has 3 aromatic rings. The van der Waals surface area contributed by atoms with Crippen LogP contribution in [0.1, 0.15) is 46.3 Å². The largest absolute Gasteiger partial charge is 0.304 e. The summed E-state index contributed by atoms with van der Waals surface area (Å²) in [7, 11) is 0. The van der Waals surface area contributed by atoms with Crippen LogP contribution in [0.25, 0.3) is 0 Å². The molecule has 1 N–H and O–H groups in total. The van der Waals surface area contributed by atoms with Gasteiger partial charge < -0.3 is 5.41 Å². The van der Waals surface area contributed by atoms with E-state index in [1.165, 1.54) is 0 Å². The van der Waals surface area contributed by atoms with E-state index in [0.717, 1.165) is 51.8 Å². The van der Waals surface area contributed by atoms with Crippen LogP contribution in [0.2, 0.25) is 0 Å². The molecule has 0 spiro atoms. The van der Waals surface area contributed by atoms with Crippen LogP contribution in [0.15, 0.2) is 133 Å². The van der Waals surface area contributed by atoms with Crippen molar-refractivity contribution in [3.05, 3.63) is 155 Å². The highest BCUT2D eigenvalue weighted by Crippen LogP contribution is 2.54. The summed E-state index contributed by atoms with van der Waals surface area (Å²) < 4.78 is 0. The molecule has 1 saturated carbocycles. The Kier molecular flexibility index (Phi) is 6.76. The fraction of sp³-hybridized carbons (Fsp3) is 0.200. The maximum atomic E-state index is 12.8. The molecular formula is C35H33NO. The maximum Gasteiger partial charge on any atom is 0.167 e. The zero-order chi connectivity index (χ0) is 26.0. The Hall–Kier alpha value is -4.04. The number of allylic oxidation sites excluding steroid dienone is 6. The highest BCUT2D eigenvalue weighted by Gasteiger charge is 2.51. The van der Waals surface area contributed by atoms with Gasteiger partial charge in [0.2, 0.25) is 0 Å². The van der Waals surface area contributed by atoms with Crippen molar-refractivity contribution in [2.24, 2.45) is 11.8 Å². The van der Waals surface area contributed by atoms with Gasteiger partial charge in [0, 0.05) is 23.6 Å². The van der Waals surface area contributed by atoms with Crippen molar-refractivity contribution in [3.63, 3.8) is 0 Å². The zero-order valence-electron chi connectivity index (χ0n) is 21.4. The second kappa shape index (κ2) is 10.1. The molecule has 0 bridgehead atoms. The van der Waals surface area contributed by atoms with Crippen LogP contribution in [0.3, 0.4) is 0 Å². The molecule has 2 unspecified atom stereocenters. The lowest BCUT2D eigenvalue weighted by molar-refractivity contribution is 0.0993. The van der Waals surface area contributed by atoms with Gasteiger partial charge in [0.15, 0.2) is 5.78 Å².